The lowest BCUT2D eigenvalue weighted by atomic mass is 10.2. The predicted molar refractivity (Wildman–Crippen MR) is 45.6 cm³/mol. The van der Waals surface area contributed by atoms with Crippen molar-refractivity contribution in [2.24, 2.45) is 0 Å². The molecule has 16 heavy (non-hydrogen) atoms. The lowest BCUT2D eigenvalue weighted by molar-refractivity contribution is -0.0500. The molecule has 0 saturated heterocycles. The summed E-state index contributed by atoms with van der Waals surface area (Å²) in [6, 6.07) is 6.90. The van der Waals surface area contributed by atoms with E-state index in [9.17, 15) is 21.6 Å². The minimum atomic E-state index is -5.72. The van der Waals surface area contributed by atoms with Gasteiger partial charge in [0.1, 0.15) is 0 Å². The molecular formula is C8H3F3NO3S. The highest BCUT2D eigenvalue weighted by Crippen LogP contribution is 2.26. The van der Waals surface area contributed by atoms with Crippen LogP contribution in [-0.4, -0.2) is 13.9 Å². The Labute approximate surface area is 89.0 Å². The molecule has 1 aromatic rings. The number of hydrogen-bond acceptors (Lipinski definition) is 4. The first-order valence-electron chi connectivity index (χ1n) is 3.69. The van der Waals surface area contributed by atoms with Crippen molar-refractivity contribution in [3.8, 4) is 11.8 Å². The Morgan fingerprint density at radius 1 is 1.44 bits per heavy atom. The van der Waals surface area contributed by atoms with Crippen LogP contribution in [0.25, 0.3) is 0 Å². The fraction of sp³-hybridized carbons (Fsp3) is 0.125. The van der Waals surface area contributed by atoms with E-state index in [1.54, 1.807) is 6.07 Å². The standard InChI is InChI=1S/C8H3F3NO3S/c9-8(10,11)16(13,14)15-7-3-1-2-6(4-7)5-12/h1-2,4H. The molecule has 0 aliphatic carbocycles. The Bertz CT molecular complexity index is 530. The minimum absolute atomic E-state index is 0.0360. The molecule has 0 amide bonds. The Morgan fingerprint density at radius 2 is 2.06 bits per heavy atom. The predicted octanol–water partition coefficient (Wildman–Crippen LogP) is 1.59. The molecule has 0 bridgehead atoms. The van der Waals surface area contributed by atoms with E-state index in [0.717, 1.165) is 12.1 Å². The highest BCUT2D eigenvalue weighted by atomic mass is 32.2. The molecule has 85 valence electrons. The summed E-state index contributed by atoms with van der Waals surface area (Å²) in [5.41, 5.74) is -5.55. The van der Waals surface area contributed by atoms with E-state index in [1.165, 1.54) is 6.07 Å². The van der Waals surface area contributed by atoms with Crippen molar-refractivity contribution < 1.29 is 25.8 Å². The monoisotopic (exact) mass is 250 g/mol. The van der Waals surface area contributed by atoms with Gasteiger partial charge in [-0.15, -0.1) is 0 Å². The Morgan fingerprint density at radius 3 is 2.56 bits per heavy atom. The lowest BCUT2D eigenvalue weighted by Crippen LogP contribution is -2.28. The number of halogens is 3. The number of nitriles is 1. The highest BCUT2D eigenvalue weighted by Gasteiger charge is 2.48. The molecule has 0 fully saturated rings. The summed E-state index contributed by atoms with van der Waals surface area (Å²) in [4.78, 5) is 0. The number of benzene rings is 1. The lowest BCUT2D eigenvalue weighted by Gasteiger charge is -2.08. The van der Waals surface area contributed by atoms with Crippen LogP contribution in [0.3, 0.4) is 0 Å². The molecule has 0 N–H and O–H groups in total. The van der Waals surface area contributed by atoms with Gasteiger partial charge in [-0.1, -0.05) is 0 Å². The summed E-state index contributed by atoms with van der Waals surface area (Å²) in [6.45, 7) is 0. The van der Waals surface area contributed by atoms with Crippen LogP contribution in [0.5, 0.6) is 5.75 Å². The molecule has 0 aliphatic rings. The molecule has 1 radical (unpaired) electrons. The van der Waals surface area contributed by atoms with Gasteiger partial charge in [-0.25, -0.2) is 0 Å². The van der Waals surface area contributed by atoms with Gasteiger partial charge in [-0.2, -0.15) is 26.9 Å². The van der Waals surface area contributed by atoms with Gasteiger partial charge < -0.3 is 4.18 Å². The summed E-state index contributed by atoms with van der Waals surface area (Å²) < 4.78 is 60.6. The van der Waals surface area contributed by atoms with Gasteiger partial charge in [0.05, 0.1) is 11.6 Å². The second-order valence-electron chi connectivity index (χ2n) is 2.54. The molecule has 0 atom stereocenters. The highest BCUT2D eigenvalue weighted by molar-refractivity contribution is 7.87. The van der Waals surface area contributed by atoms with Crippen LogP contribution in [-0.2, 0) is 10.1 Å². The fourth-order valence-corrected chi connectivity index (χ4v) is 1.15. The number of alkyl halides is 3. The van der Waals surface area contributed by atoms with Crippen molar-refractivity contribution in [2.75, 3.05) is 0 Å². The smallest absolute Gasteiger partial charge is 0.375 e. The van der Waals surface area contributed by atoms with Crippen molar-refractivity contribution in [1.29, 1.82) is 5.26 Å². The van der Waals surface area contributed by atoms with E-state index in [4.69, 9.17) is 5.26 Å². The molecule has 0 unspecified atom stereocenters. The summed E-state index contributed by atoms with van der Waals surface area (Å²) in [7, 11) is -5.72. The molecule has 0 heterocycles. The number of nitrogens with zero attached hydrogens (tertiary/aromatic N) is 1. The number of hydrogen-bond donors (Lipinski definition) is 0. The Balaban J connectivity index is 3.03. The van der Waals surface area contributed by atoms with E-state index in [-0.39, 0.29) is 5.56 Å². The van der Waals surface area contributed by atoms with Gasteiger partial charge >= 0.3 is 15.6 Å². The van der Waals surface area contributed by atoms with E-state index >= 15 is 0 Å². The Hall–Kier alpha value is -1.75. The van der Waals surface area contributed by atoms with Gasteiger partial charge in [0.25, 0.3) is 0 Å². The summed E-state index contributed by atoms with van der Waals surface area (Å²) in [5, 5.41) is 8.43. The maximum atomic E-state index is 11.9. The van der Waals surface area contributed by atoms with Crippen molar-refractivity contribution in [2.45, 2.75) is 5.51 Å². The van der Waals surface area contributed by atoms with Crippen LogP contribution in [0.15, 0.2) is 18.2 Å². The van der Waals surface area contributed by atoms with Crippen LogP contribution in [0.2, 0.25) is 0 Å². The average Bonchev–Trinajstić information content (AvgIpc) is 2.15. The molecule has 0 aromatic heterocycles. The van der Waals surface area contributed by atoms with E-state index < -0.39 is 21.4 Å². The molecule has 4 nitrogen and oxygen atoms in total. The van der Waals surface area contributed by atoms with E-state index in [2.05, 4.69) is 10.2 Å². The van der Waals surface area contributed by atoms with E-state index in [0.29, 0.717) is 0 Å². The molecular weight excluding hydrogens is 247 g/mol. The second kappa shape index (κ2) is 4.02. The number of rotatable bonds is 2. The van der Waals surface area contributed by atoms with Crippen LogP contribution < -0.4 is 4.18 Å². The normalized spacial score (nSPS) is 11.9. The Kier molecular flexibility index (Phi) is 3.09. The van der Waals surface area contributed by atoms with Crippen LogP contribution in [0.1, 0.15) is 5.56 Å². The zero-order valence-corrected chi connectivity index (χ0v) is 8.26. The largest absolute Gasteiger partial charge is 0.534 e. The van der Waals surface area contributed by atoms with Crippen LogP contribution >= 0.6 is 0 Å². The first-order valence-corrected chi connectivity index (χ1v) is 5.10. The van der Waals surface area contributed by atoms with Gasteiger partial charge in [0, 0.05) is 12.1 Å². The van der Waals surface area contributed by atoms with Gasteiger partial charge in [0.2, 0.25) is 0 Å². The third-order valence-electron chi connectivity index (χ3n) is 1.39. The maximum absolute atomic E-state index is 11.9. The van der Waals surface area contributed by atoms with Crippen molar-refractivity contribution >= 4 is 10.1 Å². The van der Waals surface area contributed by atoms with Crippen LogP contribution in [0, 0.1) is 17.4 Å². The van der Waals surface area contributed by atoms with Crippen molar-refractivity contribution in [3.63, 3.8) is 0 Å². The third-order valence-corrected chi connectivity index (χ3v) is 2.35. The van der Waals surface area contributed by atoms with Crippen LogP contribution in [0.4, 0.5) is 13.2 Å². The average molecular weight is 250 g/mol. The van der Waals surface area contributed by atoms with Gasteiger partial charge in [-0.3, -0.25) is 0 Å². The molecule has 0 spiro atoms. The first kappa shape index (κ1) is 12.3. The topological polar surface area (TPSA) is 67.2 Å². The van der Waals surface area contributed by atoms with Crippen molar-refractivity contribution in [3.05, 3.63) is 29.8 Å². The molecule has 8 heteroatoms. The van der Waals surface area contributed by atoms with Crippen molar-refractivity contribution in [1.82, 2.24) is 0 Å². The van der Waals surface area contributed by atoms with Gasteiger partial charge in [-0.05, 0) is 12.1 Å². The zero-order chi connectivity index (χ0) is 12.4. The molecule has 1 aromatic carbocycles. The molecule has 0 aliphatic heterocycles. The quantitative estimate of drug-likeness (QED) is 0.590. The maximum Gasteiger partial charge on any atom is 0.534 e. The fourth-order valence-electron chi connectivity index (χ4n) is 0.728. The van der Waals surface area contributed by atoms with E-state index in [1.807, 2.05) is 0 Å². The molecule has 0 saturated carbocycles. The summed E-state index contributed by atoms with van der Waals surface area (Å²) in [6.07, 6.45) is 0. The van der Waals surface area contributed by atoms with Gasteiger partial charge in [0.15, 0.2) is 5.75 Å². The molecule has 1 rings (SSSR count). The third kappa shape index (κ3) is 2.64. The minimum Gasteiger partial charge on any atom is -0.375 e. The first-order chi connectivity index (χ1) is 7.26. The summed E-state index contributed by atoms with van der Waals surface area (Å²) >= 11 is 0. The zero-order valence-electron chi connectivity index (χ0n) is 7.45. The second-order valence-corrected chi connectivity index (χ2v) is 4.07. The SMILES string of the molecule is N#Cc1cc[c]c(OS(=O)(=O)C(F)(F)F)c1. The summed E-state index contributed by atoms with van der Waals surface area (Å²) in [5.74, 6) is -0.684.